The monoisotopic (exact) mass is 382 g/mol. The highest BCUT2D eigenvalue weighted by Gasteiger charge is 2.39. The molecule has 0 unspecified atom stereocenters. The zero-order valence-electron chi connectivity index (χ0n) is 16.8. The Labute approximate surface area is 160 Å². The first-order chi connectivity index (χ1) is 12.7. The molecule has 152 valence electrons. The second-order valence-electron chi connectivity index (χ2n) is 8.99. The van der Waals surface area contributed by atoms with Gasteiger partial charge in [-0.3, -0.25) is 4.79 Å². The van der Waals surface area contributed by atoms with E-state index in [0.717, 1.165) is 31.5 Å². The fourth-order valence-electron chi connectivity index (χ4n) is 4.19. The van der Waals surface area contributed by atoms with Crippen molar-refractivity contribution in [1.29, 1.82) is 0 Å². The minimum Gasteiger partial charge on any atom is -0.367 e. The minimum atomic E-state index is -2.46. The van der Waals surface area contributed by atoms with Crippen LogP contribution in [0.1, 0.15) is 71.5 Å². The van der Waals surface area contributed by atoms with Crippen LogP contribution in [0.2, 0.25) is 0 Å². The van der Waals surface area contributed by atoms with E-state index < -0.39 is 12.5 Å². The molecule has 0 aliphatic carbocycles. The van der Waals surface area contributed by atoms with E-state index >= 15 is 0 Å². The average Bonchev–Trinajstić information content (AvgIpc) is 3.05. The number of nitrogens with zero attached hydrogens (tertiary/aromatic N) is 3. The van der Waals surface area contributed by atoms with E-state index in [4.69, 9.17) is 0 Å². The number of carbonyl (C=O) groups excluding carboxylic acids is 1. The molecule has 3 rings (SSSR count). The molecule has 3 atom stereocenters. The number of piperidine rings is 1. The minimum absolute atomic E-state index is 0.0572. The van der Waals surface area contributed by atoms with Gasteiger partial charge in [-0.1, -0.05) is 27.7 Å². The number of nitrogens with one attached hydrogen (secondary N) is 1. The standard InChI is InChI=1S/C20H32F2N4O/c1-5-7-18(27)25-9-6-8-13(12-25)14-10-15(19(21)22)26-17(23-14)11-16(24-26)20(2,3)4/h11,13-15,19,23H,5-10,12H2,1-4H3/t13-,14-,15+/m0/s1. The van der Waals surface area contributed by atoms with E-state index in [2.05, 4.69) is 10.4 Å². The highest BCUT2D eigenvalue weighted by Crippen LogP contribution is 2.38. The largest absolute Gasteiger partial charge is 0.367 e. The molecule has 1 amide bonds. The Kier molecular flexibility index (Phi) is 5.77. The van der Waals surface area contributed by atoms with E-state index in [-0.39, 0.29) is 23.3 Å². The fourth-order valence-corrected chi connectivity index (χ4v) is 4.19. The molecule has 0 radical (unpaired) electrons. The number of amides is 1. The summed E-state index contributed by atoms with van der Waals surface area (Å²) < 4.78 is 29.1. The number of alkyl halides is 2. The van der Waals surface area contributed by atoms with Crippen molar-refractivity contribution in [2.45, 2.75) is 83.7 Å². The summed E-state index contributed by atoms with van der Waals surface area (Å²) in [6, 6.07) is 0.937. The number of anilines is 1. The van der Waals surface area contributed by atoms with Gasteiger partial charge < -0.3 is 10.2 Å². The predicted molar refractivity (Wildman–Crippen MR) is 102 cm³/mol. The van der Waals surface area contributed by atoms with Crippen LogP contribution in [0.4, 0.5) is 14.6 Å². The van der Waals surface area contributed by atoms with Gasteiger partial charge in [-0.05, 0) is 31.6 Å². The Bertz CT molecular complexity index is 667. The molecule has 1 aromatic rings. The Balaban J connectivity index is 1.80. The van der Waals surface area contributed by atoms with Gasteiger partial charge in [0.2, 0.25) is 5.91 Å². The number of hydrogen-bond acceptors (Lipinski definition) is 3. The third-order valence-electron chi connectivity index (χ3n) is 5.78. The third-order valence-corrected chi connectivity index (χ3v) is 5.78. The lowest BCUT2D eigenvalue weighted by Gasteiger charge is -2.41. The van der Waals surface area contributed by atoms with Crippen molar-refractivity contribution < 1.29 is 13.6 Å². The molecule has 0 spiro atoms. The molecule has 27 heavy (non-hydrogen) atoms. The van der Waals surface area contributed by atoms with E-state index in [1.807, 2.05) is 38.7 Å². The van der Waals surface area contributed by atoms with Gasteiger partial charge >= 0.3 is 0 Å². The number of fused-ring (bicyclic) bond motifs is 1. The van der Waals surface area contributed by atoms with Gasteiger partial charge in [-0.25, -0.2) is 13.5 Å². The Morgan fingerprint density at radius 2 is 2.15 bits per heavy atom. The lowest BCUT2D eigenvalue weighted by Crippen LogP contribution is -2.48. The number of likely N-dealkylation sites (tertiary alicyclic amines) is 1. The van der Waals surface area contributed by atoms with Gasteiger partial charge in [0.15, 0.2) is 0 Å². The Morgan fingerprint density at radius 3 is 2.78 bits per heavy atom. The Morgan fingerprint density at radius 1 is 1.41 bits per heavy atom. The van der Waals surface area contributed by atoms with E-state index in [0.29, 0.717) is 25.2 Å². The molecule has 5 nitrogen and oxygen atoms in total. The van der Waals surface area contributed by atoms with Crippen molar-refractivity contribution in [3.8, 4) is 0 Å². The second kappa shape index (κ2) is 7.76. The summed E-state index contributed by atoms with van der Waals surface area (Å²) >= 11 is 0. The third kappa shape index (κ3) is 4.27. The SMILES string of the molecule is CCCC(=O)N1CCC[C@H]([C@@H]2C[C@H](C(F)F)n3nc(C(C)(C)C)cc3N2)C1. The zero-order valence-corrected chi connectivity index (χ0v) is 16.8. The van der Waals surface area contributed by atoms with Gasteiger partial charge in [-0.15, -0.1) is 0 Å². The van der Waals surface area contributed by atoms with Crippen molar-refractivity contribution in [3.05, 3.63) is 11.8 Å². The Hall–Kier alpha value is -1.66. The van der Waals surface area contributed by atoms with Gasteiger partial charge in [0.25, 0.3) is 6.43 Å². The zero-order chi connectivity index (χ0) is 19.8. The summed E-state index contributed by atoms with van der Waals surface area (Å²) in [5.41, 5.74) is 0.627. The molecular weight excluding hydrogens is 350 g/mol. The van der Waals surface area contributed by atoms with Crippen LogP contribution < -0.4 is 5.32 Å². The number of hydrogen-bond donors (Lipinski definition) is 1. The van der Waals surface area contributed by atoms with Crippen molar-refractivity contribution in [2.75, 3.05) is 18.4 Å². The molecule has 2 aliphatic rings. The number of halogens is 2. The molecule has 0 aromatic carbocycles. The van der Waals surface area contributed by atoms with Crippen LogP contribution in [-0.4, -0.2) is 46.1 Å². The highest BCUT2D eigenvalue weighted by molar-refractivity contribution is 5.76. The number of aromatic nitrogens is 2. The summed E-state index contributed by atoms with van der Waals surface area (Å²) in [7, 11) is 0. The van der Waals surface area contributed by atoms with Gasteiger partial charge in [0.05, 0.1) is 5.69 Å². The van der Waals surface area contributed by atoms with Crippen molar-refractivity contribution in [2.24, 2.45) is 5.92 Å². The maximum Gasteiger partial charge on any atom is 0.260 e. The van der Waals surface area contributed by atoms with E-state index in [1.165, 1.54) is 4.68 Å². The van der Waals surface area contributed by atoms with Crippen LogP contribution in [0.3, 0.4) is 0 Å². The van der Waals surface area contributed by atoms with Gasteiger partial charge in [0.1, 0.15) is 11.9 Å². The van der Waals surface area contributed by atoms with Crippen LogP contribution >= 0.6 is 0 Å². The fraction of sp³-hybridized carbons (Fsp3) is 0.800. The molecule has 7 heteroatoms. The van der Waals surface area contributed by atoms with Crippen LogP contribution in [0.15, 0.2) is 6.07 Å². The lowest BCUT2D eigenvalue weighted by molar-refractivity contribution is -0.133. The van der Waals surface area contributed by atoms with Crippen molar-refractivity contribution in [1.82, 2.24) is 14.7 Å². The topological polar surface area (TPSA) is 50.2 Å². The molecule has 0 bridgehead atoms. The molecule has 0 saturated carbocycles. The number of carbonyl (C=O) groups is 1. The molecule has 1 saturated heterocycles. The maximum absolute atomic E-state index is 13.8. The summed E-state index contributed by atoms with van der Waals surface area (Å²) in [6.07, 6.45) is 1.18. The molecule has 1 aromatic heterocycles. The molecular formula is C20H32F2N4O. The van der Waals surface area contributed by atoms with Gasteiger partial charge in [0, 0.05) is 37.0 Å². The number of rotatable bonds is 4. The summed E-state index contributed by atoms with van der Waals surface area (Å²) in [5, 5.41) is 7.95. The summed E-state index contributed by atoms with van der Waals surface area (Å²) in [4.78, 5) is 14.2. The second-order valence-corrected chi connectivity index (χ2v) is 8.99. The molecule has 3 heterocycles. The normalized spacial score (nSPS) is 26.0. The quantitative estimate of drug-likeness (QED) is 0.849. The van der Waals surface area contributed by atoms with Gasteiger partial charge in [-0.2, -0.15) is 5.10 Å². The van der Waals surface area contributed by atoms with E-state index in [1.54, 1.807) is 0 Å². The summed E-state index contributed by atoms with van der Waals surface area (Å²) in [5.74, 6) is 1.06. The first-order valence-corrected chi connectivity index (χ1v) is 10.1. The summed E-state index contributed by atoms with van der Waals surface area (Å²) in [6.45, 7) is 9.56. The van der Waals surface area contributed by atoms with Crippen LogP contribution in [0.5, 0.6) is 0 Å². The average molecular weight is 382 g/mol. The van der Waals surface area contributed by atoms with E-state index in [9.17, 15) is 13.6 Å². The maximum atomic E-state index is 13.8. The lowest BCUT2D eigenvalue weighted by atomic mass is 9.85. The van der Waals surface area contributed by atoms with Crippen molar-refractivity contribution >= 4 is 11.7 Å². The molecule has 1 fully saturated rings. The van der Waals surface area contributed by atoms with Crippen LogP contribution in [-0.2, 0) is 10.2 Å². The van der Waals surface area contributed by atoms with Crippen LogP contribution in [0.25, 0.3) is 0 Å². The van der Waals surface area contributed by atoms with Crippen LogP contribution in [0, 0.1) is 5.92 Å². The first kappa shape index (κ1) is 20.1. The highest BCUT2D eigenvalue weighted by atomic mass is 19.3. The van der Waals surface area contributed by atoms with Crippen molar-refractivity contribution in [3.63, 3.8) is 0 Å². The molecule has 1 N–H and O–H groups in total. The first-order valence-electron chi connectivity index (χ1n) is 10.1. The molecule has 2 aliphatic heterocycles. The predicted octanol–water partition coefficient (Wildman–Crippen LogP) is 4.21. The smallest absolute Gasteiger partial charge is 0.260 e.